The normalized spacial score (nSPS) is 53.9. The predicted octanol–water partition coefficient (Wildman–Crippen LogP) is 6.63. The van der Waals surface area contributed by atoms with E-state index in [-0.39, 0.29) is 16.2 Å². The third-order valence-corrected chi connectivity index (χ3v) is 11.6. The second-order valence-corrected chi connectivity index (χ2v) is 12.7. The van der Waals surface area contributed by atoms with Crippen LogP contribution in [0.25, 0.3) is 0 Å². The summed E-state index contributed by atoms with van der Waals surface area (Å²) in [6, 6.07) is 0. The highest BCUT2D eigenvalue weighted by Crippen LogP contribution is 2.89. The van der Waals surface area contributed by atoms with E-state index in [1.165, 1.54) is 30.4 Å². The van der Waals surface area contributed by atoms with Crippen molar-refractivity contribution in [3.8, 4) is 0 Å². The fourth-order valence-electron chi connectivity index (χ4n) is 10.3. The highest BCUT2D eigenvalue weighted by Gasteiger charge is 2.83. The molecule has 0 aromatic rings. The number of allylic oxidation sites excluding steroid dienone is 2. The zero-order valence-electron chi connectivity index (χ0n) is 19.9. The molecule has 8 atom stereocenters. The average molecular weight is 411 g/mol. The van der Waals surface area contributed by atoms with Crippen molar-refractivity contribution in [3.63, 3.8) is 0 Å². The summed E-state index contributed by atoms with van der Waals surface area (Å²) in [5.41, 5.74) is 2.94. The summed E-state index contributed by atoms with van der Waals surface area (Å²) in [5.74, 6) is 2.15. The Morgan fingerprint density at radius 1 is 1.23 bits per heavy atom. The molecule has 1 N–H and O–H groups in total. The molecule has 2 nitrogen and oxygen atoms in total. The molecule has 4 unspecified atom stereocenters. The molecule has 0 amide bonds. The van der Waals surface area contributed by atoms with E-state index in [0.717, 1.165) is 44.9 Å². The molecule has 0 aromatic carbocycles. The van der Waals surface area contributed by atoms with Crippen LogP contribution in [-0.4, -0.2) is 16.5 Å². The zero-order chi connectivity index (χ0) is 21.7. The Labute approximate surface area is 183 Å². The highest BCUT2D eigenvalue weighted by molar-refractivity contribution is 5.91. The maximum Gasteiger partial charge on any atom is 0.155 e. The first-order valence-corrected chi connectivity index (χ1v) is 12.6. The van der Waals surface area contributed by atoms with Crippen molar-refractivity contribution in [2.24, 2.45) is 39.4 Å². The molecule has 5 rings (SSSR count). The van der Waals surface area contributed by atoms with E-state index >= 15 is 0 Å². The number of aliphatic hydroxyl groups is 1. The lowest BCUT2D eigenvalue weighted by Crippen LogP contribution is -2.63. The Bertz CT molecular complexity index is 840. The lowest BCUT2D eigenvalue weighted by Gasteiger charge is -2.68. The van der Waals surface area contributed by atoms with Gasteiger partial charge in [0.2, 0.25) is 0 Å². The average Bonchev–Trinajstić information content (AvgIpc) is 3.32. The predicted molar refractivity (Wildman–Crippen MR) is 122 cm³/mol. The molecular formula is C28H42O2. The van der Waals surface area contributed by atoms with Gasteiger partial charge >= 0.3 is 0 Å². The second kappa shape index (κ2) is 6.12. The van der Waals surface area contributed by atoms with Crippen LogP contribution in [0.5, 0.6) is 0 Å². The summed E-state index contributed by atoms with van der Waals surface area (Å²) in [4.78, 5) is 12.4. The summed E-state index contributed by atoms with van der Waals surface area (Å²) in [6.07, 6.45) is 12.5. The molecule has 4 fully saturated rings. The van der Waals surface area contributed by atoms with Gasteiger partial charge in [-0.25, -0.2) is 0 Å². The van der Waals surface area contributed by atoms with Crippen molar-refractivity contribution in [3.05, 3.63) is 23.8 Å². The third kappa shape index (κ3) is 2.18. The molecule has 166 valence electrons. The Hall–Kier alpha value is -0.890. The number of carbonyl (C=O) groups is 1. The maximum absolute atomic E-state index is 12.4. The minimum atomic E-state index is -0.502. The van der Waals surface area contributed by atoms with Crippen molar-refractivity contribution in [2.45, 2.75) is 104 Å². The molecule has 2 heteroatoms. The van der Waals surface area contributed by atoms with Crippen LogP contribution >= 0.6 is 0 Å². The topological polar surface area (TPSA) is 37.3 Å². The molecule has 0 aliphatic heterocycles. The van der Waals surface area contributed by atoms with E-state index < -0.39 is 5.60 Å². The van der Waals surface area contributed by atoms with Gasteiger partial charge in [0.1, 0.15) is 0 Å². The van der Waals surface area contributed by atoms with Gasteiger partial charge < -0.3 is 5.11 Å². The Morgan fingerprint density at radius 2 is 1.97 bits per heavy atom. The van der Waals surface area contributed by atoms with Gasteiger partial charge in [-0.3, -0.25) is 4.79 Å². The van der Waals surface area contributed by atoms with Gasteiger partial charge in [0.15, 0.2) is 5.78 Å². The molecule has 30 heavy (non-hydrogen) atoms. The van der Waals surface area contributed by atoms with Crippen molar-refractivity contribution in [1.82, 2.24) is 0 Å². The molecule has 1 spiro atoms. The van der Waals surface area contributed by atoms with Crippen LogP contribution in [0.3, 0.4) is 0 Å². The van der Waals surface area contributed by atoms with Crippen LogP contribution in [0.15, 0.2) is 23.8 Å². The molecule has 0 heterocycles. The summed E-state index contributed by atoms with van der Waals surface area (Å²) >= 11 is 0. The van der Waals surface area contributed by atoms with Crippen LogP contribution in [0.2, 0.25) is 0 Å². The minimum Gasteiger partial charge on any atom is -0.389 e. The molecule has 0 bridgehead atoms. The van der Waals surface area contributed by atoms with Crippen LogP contribution in [-0.2, 0) is 4.79 Å². The fraction of sp³-hybridized carbons (Fsp3) is 0.821. The molecule has 5 aliphatic carbocycles. The van der Waals surface area contributed by atoms with E-state index in [1.807, 2.05) is 0 Å². The van der Waals surface area contributed by atoms with Crippen molar-refractivity contribution < 1.29 is 9.90 Å². The van der Waals surface area contributed by atoms with E-state index in [2.05, 4.69) is 47.3 Å². The highest BCUT2D eigenvalue weighted by atomic mass is 16.3. The largest absolute Gasteiger partial charge is 0.389 e. The van der Waals surface area contributed by atoms with Gasteiger partial charge in [-0.05, 0) is 104 Å². The van der Waals surface area contributed by atoms with E-state index in [9.17, 15) is 9.90 Å². The first kappa shape index (κ1) is 21.0. The van der Waals surface area contributed by atoms with Gasteiger partial charge in [-0.15, -0.1) is 6.58 Å². The van der Waals surface area contributed by atoms with Gasteiger partial charge in [-0.1, -0.05) is 45.3 Å². The number of fused-ring (bicyclic) bond motifs is 3. The van der Waals surface area contributed by atoms with Crippen LogP contribution in [0.1, 0.15) is 98.8 Å². The quantitative estimate of drug-likeness (QED) is 0.528. The number of ketones is 1. The Morgan fingerprint density at radius 3 is 2.63 bits per heavy atom. The number of hydrogen-bond donors (Lipinski definition) is 1. The molecule has 4 saturated carbocycles. The van der Waals surface area contributed by atoms with Crippen LogP contribution in [0.4, 0.5) is 0 Å². The smallest absolute Gasteiger partial charge is 0.155 e. The summed E-state index contributed by atoms with van der Waals surface area (Å²) in [7, 11) is 0. The first-order valence-electron chi connectivity index (χ1n) is 12.6. The van der Waals surface area contributed by atoms with Crippen molar-refractivity contribution in [2.75, 3.05) is 0 Å². The molecular weight excluding hydrogens is 368 g/mol. The lowest BCUT2D eigenvalue weighted by atomic mass is 9.36. The maximum atomic E-state index is 12.4. The monoisotopic (exact) mass is 410 g/mol. The standard InChI is InChI=1S/C28H42O2/c1-7-10-27(30)12-9-23-25(27,5)16-21-17-28(21)24(4)11-8-22(29)15-19(24)14-20(13-18(2)3)26(23,28)6/h15,20-21,23,30H,2,7-14,16-17H2,1,3-6H3/t20?,21?,23?,24-,25-,26-,27-,28?/m0/s1. The molecule has 0 aromatic heterocycles. The second-order valence-electron chi connectivity index (χ2n) is 12.7. The lowest BCUT2D eigenvalue weighted by molar-refractivity contribution is -0.193. The number of rotatable bonds is 4. The van der Waals surface area contributed by atoms with E-state index in [1.54, 1.807) is 0 Å². The Kier molecular flexibility index (Phi) is 4.28. The Balaban J connectivity index is 1.68. The zero-order valence-corrected chi connectivity index (χ0v) is 19.9. The van der Waals surface area contributed by atoms with Crippen molar-refractivity contribution in [1.29, 1.82) is 0 Å². The van der Waals surface area contributed by atoms with Gasteiger partial charge in [0.05, 0.1) is 5.60 Å². The molecule has 0 saturated heterocycles. The number of carbonyl (C=O) groups excluding carboxylic acids is 1. The SMILES string of the molecule is C=C(C)CC1CC2=CC(=O)CC[C@]2(C)C23CC2C[C@@]2(C)C(CC[C@@]2(O)CCC)[C@]13C. The number of hydrogen-bond acceptors (Lipinski definition) is 2. The third-order valence-electron chi connectivity index (χ3n) is 11.6. The first-order chi connectivity index (χ1) is 14.0. The van der Waals surface area contributed by atoms with Crippen LogP contribution in [0, 0.1) is 39.4 Å². The summed E-state index contributed by atoms with van der Waals surface area (Å²) in [6.45, 7) is 16.3. The van der Waals surface area contributed by atoms with Gasteiger partial charge in [0, 0.05) is 6.42 Å². The fourth-order valence-corrected chi connectivity index (χ4v) is 10.3. The van der Waals surface area contributed by atoms with E-state index in [0.29, 0.717) is 29.0 Å². The minimum absolute atomic E-state index is 0.0256. The molecule has 5 aliphatic rings. The molecule has 0 radical (unpaired) electrons. The van der Waals surface area contributed by atoms with Crippen molar-refractivity contribution >= 4 is 5.78 Å². The van der Waals surface area contributed by atoms with E-state index in [4.69, 9.17) is 0 Å². The van der Waals surface area contributed by atoms with Crippen LogP contribution < -0.4 is 0 Å². The van der Waals surface area contributed by atoms with Gasteiger partial charge in [0.25, 0.3) is 0 Å². The summed E-state index contributed by atoms with van der Waals surface area (Å²) in [5, 5.41) is 11.9. The van der Waals surface area contributed by atoms with Gasteiger partial charge in [-0.2, -0.15) is 0 Å². The summed E-state index contributed by atoms with van der Waals surface area (Å²) < 4.78 is 0.